The Labute approximate surface area is 195 Å². The fourth-order valence-electron chi connectivity index (χ4n) is 3.85. The molecule has 1 aromatic heterocycles. The van der Waals surface area contributed by atoms with Gasteiger partial charge in [-0.05, 0) is 81.1 Å². The molecule has 2 N–H and O–H groups in total. The third kappa shape index (κ3) is 5.54. The van der Waals surface area contributed by atoms with Crippen molar-refractivity contribution in [2.75, 3.05) is 35.1 Å². The van der Waals surface area contributed by atoms with Crippen molar-refractivity contribution in [3.05, 3.63) is 59.8 Å². The van der Waals surface area contributed by atoms with Gasteiger partial charge in [0.25, 0.3) is 10.0 Å². The molecule has 33 heavy (non-hydrogen) atoms. The van der Waals surface area contributed by atoms with Gasteiger partial charge in [0.2, 0.25) is 5.95 Å². The zero-order valence-corrected chi connectivity index (χ0v) is 19.9. The van der Waals surface area contributed by atoms with Gasteiger partial charge < -0.3 is 15.0 Å². The van der Waals surface area contributed by atoms with Gasteiger partial charge in [0.1, 0.15) is 11.6 Å². The standard InChI is InChI=1S/C24H29N5O3S/c1-17-15-21(11-12-22(17)32-3)33(30,31)28-20-9-7-19(8-10-20)26-23-16-18(2)25-24(27-23)29-13-5-4-6-14-29/h7-12,15-16,28H,4-6,13-14H2,1-3H3,(H,25,26,27). The van der Waals surface area contributed by atoms with Gasteiger partial charge in [0.15, 0.2) is 0 Å². The first-order valence-corrected chi connectivity index (χ1v) is 12.5. The van der Waals surface area contributed by atoms with E-state index in [4.69, 9.17) is 4.74 Å². The SMILES string of the molecule is COc1ccc(S(=O)(=O)Nc2ccc(Nc3cc(C)nc(N4CCCCC4)n3)cc2)cc1C. The molecule has 8 nitrogen and oxygen atoms in total. The Morgan fingerprint density at radius 1 is 0.909 bits per heavy atom. The number of aromatic nitrogens is 2. The number of aryl methyl sites for hydroxylation is 2. The van der Waals surface area contributed by atoms with E-state index < -0.39 is 10.0 Å². The molecular formula is C24H29N5O3S. The summed E-state index contributed by atoms with van der Waals surface area (Å²) < 4.78 is 33.4. The van der Waals surface area contributed by atoms with E-state index in [0.717, 1.165) is 48.8 Å². The van der Waals surface area contributed by atoms with E-state index in [1.54, 1.807) is 31.4 Å². The molecule has 1 aliphatic rings. The highest BCUT2D eigenvalue weighted by atomic mass is 32.2. The van der Waals surface area contributed by atoms with E-state index in [-0.39, 0.29) is 4.90 Å². The zero-order valence-electron chi connectivity index (χ0n) is 19.1. The fraction of sp³-hybridized carbons (Fsp3) is 0.333. The average molecular weight is 468 g/mol. The third-order valence-electron chi connectivity index (χ3n) is 5.57. The van der Waals surface area contributed by atoms with Gasteiger partial charge in [0.05, 0.1) is 12.0 Å². The quantitative estimate of drug-likeness (QED) is 0.523. The van der Waals surface area contributed by atoms with Crippen LogP contribution in [0.3, 0.4) is 0 Å². The largest absolute Gasteiger partial charge is 0.496 e. The van der Waals surface area contributed by atoms with Gasteiger partial charge in [-0.25, -0.2) is 13.4 Å². The normalized spacial score (nSPS) is 14.1. The van der Waals surface area contributed by atoms with Crippen molar-refractivity contribution in [1.82, 2.24) is 9.97 Å². The predicted octanol–water partition coefficient (Wildman–Crippen LogP) is 4.64. The van der Waals surface area contributed by atoms with E-state index in [1.807, 2.05) is 32.0 Å². The Bertz CT molecular complexity index is 1220. The van der Waals surface area contributed by atoms with Crippen LogP contribution in [0.5, 0.6) is 5.75 Å². The van der Waals surface area contributed by atoms with E-state index >= 15 is 0 Å². The second-order valence-corrected chi connectivity index (χ2v) is 9.86. The molecule has 2 heterocycles. The number of rotatable bonds is 7. The Hall–Kier alpha value is -3.33. The Morgan fingerprint density at radius 3 is 2.27 bits per heavy atom. The van der Waals surface area contributed by atoms with Crippen LogP contribution in [0.4, 0.5) is 23.1 Å². The maximum atomic E-state index is 12.8. The number of sulfonamides is 1. The molecule has 0 bridgehead atoms. The number of benzene rings is 2. The average Bonchev–Trinajstić information content (AvgIpc) is 2.80. The van der Waals surface area contributed by atoms with Gasteiger partial charge in [-0.1, -0.05) is 0 Å². The van der Waals surface area contributed by atoms with Crippen molar-refractivity contribution in [3.63, 3.8) is 0 Å². The molecule has 0 unspecified atom stereocenters. The van der Waals surface area contributed by atoms with Crippen LogP contribution in [-0.2, 0) is 10.0 Å². The maximum Gasteiger partial charge on any atom is 0.261 e. The van der Waals surface area contributed by atoms with Crippen molar-refractivity contribution in [3.8, 4) is 5.75 Å². The highest BCUT2D eigenvalue weighted by Crippen LogP contribution is 2.25. The molecule has 9 heteroatoms. The van der Waals surface area contributed by atoms with Crippen LogP contribution in [0.25, 0.3) is 0 Å². The van der Waals surface area contributed by atoms with E-state index in [9.17, 15) is 8.42 Å². The van der Waals surface area contributed by atoms with Crippen molar-refractivity contribution in [2.45, 2.75) is 38.0 Å². The monoisotopic (exact) mass is 467 g/mol. The summed E-state index contributed by atoms with van der Waals surface area (Å²) in [5.74, 6) is 2.11. The number of piperidine rings is 1. The summed E-state index contributed by atoms with van der Waals surface area (Å²) in [5, 5.41) is 3.30. The Morgan fingerprint density at radius 2 is 1.61 bits per heavy atom. The summed E-state index contributed by atoms with van der Waals surface area (Å²) in [4.78, 5) is 11.7. The number of anilines is 4. The molecule has 0 spiro atoms. The molecule has 3 aromatic rings. The summed E-state index contributed by atoms with van der Waals surface area (Å²) in [6.45, 7) is 5.72. The van der Waals surface area contributed by atoms with E-state index in [1.165, 1.54) is 12.5 Å². The second-order valence-electron chi connectivity index (χ2n) is 8.18. The van der Waals surface area contributed by atoms with Gasteiger partial charge in [-0.15, -0.1) is 0 Å². The maximum absolute atomic E-state index is 12.8. The molecule has 0 atom stereocenters. The van der Waals surface area contributed by atoms with Crippen LogP contribution in [-0.4, -0.2) is 38.6 Å². The third-order valence-corrected chi connectivity index (χ3v) is 6.95. The number of nitrogens with zero attached hydrogens (tertiary/aromatic N) is 3. The minimum atomic E-state index is -3.71. The van der Waals surface area contributed by atoms with Crippen LogP contribution in [0, 0.1) is 13.8 Å². The van der Waals surface area contributed by atoms with Gasteiger partial charge in [0, 0.05) is 36.2 Å². The zero-order chi connectivity index (χ0) is 23.4. The summed E-state index contributed by atoms with van der Waals surface area (Å²) in [6.07, 6.45) is 3.57. The van der Waals surface area contributed by atoms with Crippen molar-refractivity contribution in [1.29, 1.82) is 0 Å². The molecule has 0 amide bonds. The first-order chi connectivity index (χ1) is 15.8. The molecule has 0 saturated carbocycles. The number of ether oxygens (including phenoxy) is 1. The number of hydrogen-bond acceptors (Lipinski definition) is 7. The van der Waals surface area contributed by atoms with Gasteiger partial charge >= 0.3 is 0 Å². The lowest BCUT2D eigenvalue weighted by molar-refractivity contribution is 0.411. The van der Waals surface area contributed by atoms with E-state index in [0.29, 0.717) is 17.3 Å². The molecule has 0 radical (unpaired) electrons. The lowest BCUT2D eigenvalue weighted by Gasteiger charge is -2.27. The van der Waals surface area contributed by atoms with Crippen LogP contribution < -0.4 is 19.7 Å². The first kappa shape index (κ1) is 22.8. The van der Waals surface area contributed by atoms with Crippen molar-refractivity contribution < 1.29 is 13.2 Å². The summed E-state index contributed by atoms with van der Waals surface area (Å²) in [7, 11) is -2.15. The smallest absolute Gasteiger partial charge is 0.261 e. The fourth-order valence-corrected chi connectivity index (χ4v) is 5.00. The van der Waals surface area contributed by atoms with Gasteiger partial charge in [-0.2, -0.15) is 4.98 Å². The van der Waals surface area contributed by atoms with Crippen molar-refractivity contribution >= 4 is 33.2 Å². The minimum Gasteiger partial charge on any atom is -0.496 e. The Balaban J connectivity index is 1.46. The molecule has 174 valence electrons. The van der Waals surface area contributed by atoms with Crippen molar-refractivity contribution in [2.24, 2.45) is 0 Å². The molecular weight excluding hydrogens is 438 g/mol. The minimum absolute atomic E-state index is 0.185. The second kappa shape index (κ2) is 9.66. The molecule has 0 aliphatic carbocycles. The van der Waals surface area contributed by atoms with Crippen LogP contribution >= 0.6 is 0 Å². The van der Waals surface area contributed by atoms with E-state index in [2.05, 4.69) is 24.9 Å². The summed E-state index contributed by atoms with van der Waals surface area (Å²) in [5.41, 5.74) is 2.93. The number of nitrogens with one attached hydrogen (secondary N) is 2. The molecule has 1 saturated heterocycles. The summed E-state index contributed by atoms with van der Waals surface area (Å²) >= 11 is 0. The highest BCUT2D eigenvalue weighted by Gasteiger charge is 2.17. The topological polar surface area (TPSA) is 96.5 Å². The van der Waals surface area contributed by atoms with Crippen LogP contribution in [0.1, 0.15) is 30.5 Å². The highest BCUT2D eigenvalue weighted by molar-refractivity contribution is 7.92. The van der Waals surface area contributed by atoms with Gasteiger partial charge in [-0.3, -0.25) is 4.72 Å². The first-order valence-electron chi connectivity index (χ1n) is 11.0. The predicted molar refractivity (Wildman–Crippen MR) is 131 cm³/mol. The molecule has 1 aliphatic heterocycles. The molecule has 1 fully saturated rings. The number of methoxy groups -OCH3 is 1. The lowest BCUT2D eigenvalue weighted by atomic mass is 10.1. The van der Waals surface area contributed by atoms with Crippen LogP contribution in [0.15, 0.2) is 53.4 Å². The molecule has 4 rings (SSSR count). The van der Waals surface area contributed by atoms with Crippen LogP contribution in [0.2, 0.25) is 0 Å². The Kier molecular flexibility index (Phi) is 6.69. The summed E-state index contributed by atoms with van der Waals surface area (Å²) in [6, 6.07) is 13.7. The number of hydrogen-bond donors (Lipinski definition) is 2. The molecule has 2 aromatic carbocycles. The lowest BCUT2D eigenvalue weighted by Crippen LogP contribution is -2.31.